The Labute approximate surface area is 213 Å². The number of benzene rings is 1. The highest BCUT2D eigenvalue weighted by atomic mass is 32.2. The van der Waals surface area contributed by atoms with E-state index in [1.807, 2.05) is 12.1 Å². The molecule has 1 N–H and O–H groups in total. The van der Waals surface area contributed by atoms with Crippen LogP contribution in [-0.2, 0) is 19.7 Å². The van der Waals surface area contributed by atoms with Crippen LogP contribution in [-0.4, -0.2) is 43.0 Å². The number of rotatable bonds is 14. The highest BCUT2D eigenvalue weighted by molar-refractivity contribution is 7.89. The van der Waals surface area contributed by atoms with Crippen LogP contribution >= 0.6 is 0 Å². The van der Waals surface area contributed by atoms with Crippen molar-refractivity contribution in [1.82, 2.24) is 14.8 Å². The SMILES string of the molecule is O=C(/C=C/c1cccnc1)NCCCCCCCN(OC1CCCCC1)S(=O)(=O)c1ccc(F)cc1. The number of sulfonamides is 1. The number of halogens is 1. The van der Waals surface area contributed by atoms with Crippen LogP contribution in [0.3, 0.4) is 0 Å². The number of nitrogens with zero attached hydrogens (tertiary/aromatic N) is 2. The summed E-state index contributed by atoms with van der Waals surface area (Å²) in [4.78, 5) is 21.9. The van der Waals surface area contributed by atoms with Crippen LogP contribution in [0.2, 0.25) is 0 Å². The number of hydrogen-bond acceptors (Lipinski definition) is 5. The van der Waals surface area contributed by atoms with E-state index in [9.17, 15) is 17.6 Å². The summed E-state index contributed by atoms with van der Waals surface area (Å²) in [7, 11) is -3.87. The highest BCUT2D eigenvalue weighted by Gasteiger charge is 2.29. The van der Waals surface area contributed by atoms with Gasteiger partial charge in [0.2, 0.25) is 5.91 Å². The predicted molar refractivity (Wildman–Crippen MR) is 138 cm³/mol. The summed E-state index contributed by atoms with van der Waals surface area (Å²) >= 11 is 0. The average Bonchev–Trinajstić information content (AvgIpc) is 2.89. The number of hydroxylamine groups is 1. The smallest absolute Gasteiger partial charge is 0.265 e. The Hall–Kier alpha value is -2.62. The molecule has 1 aromatic heterocycles. The Morgan fingerprint density at radius 3 is 2.50 bits per heavy atom. The number of hydrogen-bond donors (Lipinski definition) is 1. The number of carbonyl (C=O) groups is 1. The van der Waals surface area contributed by atoms with E-state index in [2.05, 4.69) is 10.3 Å². The summed E-state index contributed by atoms with van der Waals surface area (Å²) in [6.07, 6.45) is 15.6. The Morgan fingerprint density at radius 2 is 1.78 bits per heavy atom. The molecule has 0 atom stereocenters. The third-order valence-corrected chi connectivity index (χ3v) is 7.80. The average molecular weight is 518 g/mol. The van der Waals surface area contributed by atoms with Crippen molar-refractivity contribution in [2.75, 3.05) is 13.1 Å². The van der Waals surface area contributed by atoms with E-state index in [-0.39, 0.29) is 23.5 Å². The summed E-state index contributed by atoms with van der Waals surface area (Å²) < 4.78 is 40.7. The van der Waals surface area contributed by atoms with Crippen LogP contribution < -0.4 is 5.32 Å². The minimum absolute atomic E-state index is 0.0352. The van der Waals surface area contributed by atoms with Gasteiger partial charge in [0.25, 0.3) is 10.0 Å². The van der Waals surface area contributed by atoms with E-state index >= 15 is 0 Å². The molecule has 0 radical (unpaired) electrons. The fourth-order valence-electron chi connectivity index (χ4n) is 4.10. The zero-order chi connectivity index (χ0) is 25.6. The van der Waals surface area contributed by atoms with Gasteiger partial charge in [0.1, 0.15) is 5.82 Å². The molecule has 0 bridgehead atoms. The van der Waals surface area contributed by atoms with E-state index in [1.165, 1.54) is 18.2 Å². The van der Waals surface area contributed by atoms with Crippen LogP contribution in [0.1, 0.15) is 69.8 Å². The first-order valence-electron chi connectivity index (χ1n) is 12.8. The van der Waals surface area contributed by atoms with E-state index in [4.69, 9.17) is 4.84 Å². The standard InChI is InChI=1S/C27H36FN3O4S/c28-24-14-16-26(17-15-24)36(33,34)31(35-25-11-5-4-6-12-25)21-8-3-1-2-7-20-30-27(32)18-13-23-10-9-19-29-22-23/h9-10,13-19,22,25H,1-8,11-12,20-21H2,(H,30,32)/b18-13+. The monoisotopic (exact) mass is 517 g/mol. The Bertz CT molecular complexity index is 1060. The number of unbranched alkanes of at least 4 members (excludes halogenated alkanes) is 4. The number of pyridine rings is 1. The normalized spacial score (nSPS) is 14.9. The quantitative estimate of drug-likeness (QED) is 0.210. The molecule has 1 fully saturated rings. The lowest BCUT2D eigenvalue weighted by Gasteiger charge is -2.29. The molecule has 1 amide bonds. The lowest BCUT2D eigenvalue weighted by Crippen LogP contribution is -2.37. The molecule has 9 heteroatoms. The zero-order valence-corrected chi connectivity index (χ0v) is 21.5. The number of amides is 1. The van der Waals surface area contributed by atoms with Crippen molar-refractivity contribution in [3.63, 3.8) is 0 Å². The van der Waals surface area contributed by atoms with Gasteiger partial charge in [-0.2, -0.15) is 0 Å². The molecule has 1 saturated carbocycles. The molecule has 7 nitrogen and oxygen atoms in total. The molecule has 36 heavy (non-hydrogen) atoms. The minimum Gasteiger partial charge on any atom is -0.353 e. The first kappa shape index (κ1) is 28.0. The fraction of sp³-hybridized carbons (Fsp3) is 0.481. The first-order chi connectivity index (χ1) is 17.4. The van der Waals surface area contributed by atoms with Crippen LogP contribution in [0.25, 0.3) is 6.08 Å². The molecule has 0 saturated heterocycles. The maximum Gasteiger partial charge on any atom is 0.265 e. The lowest BCUT2D eigenvalue weighted by molar-refractivity contribution is -0.143. The number of carbonyl (C=O) groups excluding carboxylic acids is 1. The molecule has 0 spiro atoms. The van der Waals surface area contributed by atoms with E-state index < -0.39 is 15.8 Å². The van der Waals surface area contributed by atoms with Crippen molar-refractivity contribution in [2.24, 2.45) is 0 Å². The van der Waals surface area contributed by atoms with E-state index in [0.29, 0.717) is 13.0 Å². The second kappa shape index (κ2) is 14.8. The molecule has 1 aliphatic rings. The highest BCUT2D eigenvalue weighted by Crippen LogP contribution is 2.25. The third kappa shape index (κ3) is 9.44. The van der Waals surface area contributed by atoms with Crippen LogP contribution in [0, 0.1) is 5.82 Å². The Kier molecular flexibility index (Phi) is 11.5. The van der Waals surface area contributed by atoms with Gasteiger partial charge in [-0.05, 0) is 67.7 Å². The molecule has 0 unspecified atom stereocenters. The molecular formula is C27H36FN3O4S. The molecule has 1 aromatic carbocycles. The van der Waals surface area contributed by atoms with Gasteiger partial charge in [0.05, 0.1) is 11.0 Å². The van der Waals surface area contributed by atoms with Crippen molar-refractivity contribution in [1.29, 1.82) is 0 Å². The molecular weight excluding hydrogens is 481 g/mol. The molecule has 1 aliphatic carbocycles. The number of nitrogens with one attached hydrogen (secondary N) is 1. The van der Waals surface area contributed by atoms with Crippen molar-refractivity contribution in [3.05, 3.63) is 66.2 Å². The van der Waals surface area contributed by atoms with Gasteiger partial charge in [-0.3, -0.25) is 14.6 Å². The number of aromatic nitrogens is 1. The Balaban J connectivity index is 1.38. The Morgan fingerprint density at radius 1 is 1.06 bits per heavy atom. The van der Waals surface area contributed by atoms with Gasteiger partial charge >= 0.3 is 0 Å². The van der Waals surface area contributed by atoms with E-state index in [0.717, 1.165) is 80.0 Å². The molecule has 196 valence electrons. The predicted octanol–water partition coefficient (Wildman–Crippen LogP) is 5.26. The van der Waals surface area contributed by atoms with Crippen LogP contribution in [0.4, 0.5) is 4.39 Å². The van der Waals surface area contributed by atoms with Crippen molar-refractivity contribution < 1.29 is 22.4 Å². The minimum atomic E-state index is -3.87. The largest absolute Gasteiger partial charge is 0.353 e. The summed E-state index contributed by atoms with van der Waals surface area (Å²) in [5, 5.41) is 2.87. The summed E-state index contributed by atoms with van der Waals surface area (Å²) in [6.45, 7) is 0.845. The lowest BCUT2D eigenvalue weighted by atomic mass is 9.98. The maximum atomic E-state index is 13.3. The van der Waals surface area contributed by atoms with Crippen molar-refractivity contribution in [3.8, 4) is 0 Å². The topological polar surface area (TPSA) is 88.6 Å². The van der Waals surface area contributed by atoms with Gasteiger partial charge in [-0.1, -0.05) is 49.1 Å². The molecule has 1 heterocycles. The fourth-order valence-corrected chi connectivity index (χ4v) is 5.42. The second-order valence-corrected chi connectivity index (χ2v) is 10.9. The van der Waals surface area contributed by atoms with Gasteiger partial charge in [0, 0.05) is 31.6 Å². The van der Waals surface area contributed by atoms with Gasteiger partial charge in [-0.25, -0.2) is 12.8 Å². The second-order valence-electron chi connectivity index (χ2n) is 9.03. The maximum absolute atomic E-state index is 13.3. The van der Waals surface area contributed by atoms with E-state index in [1.54, 1.807) is 18.5 Å². The molecule has 0 aliphatic heterocycles. The molecule has 3 rings (SSSR count). The van der Waals surface area contributed by atoms with Crippen molar-refractivity contribution >= 4 is 22.0 Å². The van der Waals surface area contributed by atoms with Crippen LogP contribution in [0.5, 0.6) is 0 Å². The zero-order valence-electron chi connectivity index (χ0n) is 20.6. The summed E-state index contributed by atoms with van der Waals surface area (Å²) in [6, 6.07) is 8.56. The van der Waals surface area contributed by atoms with Crippen molar-refractivity contribution in [2.45, 2.75) is 75.2 Å². The molecule has 2 aromatic rings. The third-order valence-electron chi connectivity index (χ3n) is 6.13. The summed E-state index contributed by atoms with van der Waals surface area (Å²) in [5.41, 5.74) is 0.871. The summed E-state index contributed by atoms with van der Waals surface area (Å²) in [5.74, 6) is -0.616. The van der Waals surface area contributed by atoms with Gasteiger partial charge in [-0.15, -0.1) is 0 Å². The first-order valence-corrected chi connectivity index (χ1v) is 14.2. The van der Waals surface area contributed by atoms with Gasteiger partial charge in [0.15, 0.2) is 0 Å². The van der Waals surface area contributed by atoms with Crippen LogP contribution in [0.15, 0.2) is 59.8 Å². The van der Waals surface area contributed by atoms with Gasteiger partial charge < -0.3 is 5.32 Å².